The van der Waals surface area contributed by atoms with Crippen LogP contribution in [0.3, 0.4) is 0 Å². The molecule has 2 rings (SSSR count). The van der Waals surface area contributed by atoms with Crippen molar-refractivity contribution >= 4 is 5.57 Å². The summed E-state index contributed by atoms with van der Waals surface area (Å²) in [5.41, 5.74) is 4.93. The average molecular weight is 254 g/mol. The number of rotatable bonds is 3. The molecule has 0 radical (unpaired) electrons. The van der Waals surface area contributed by atoms with Gasteiger partial charge in [0.05, 0.1) is 7.11 Å². The monoisotopic (exact) mass is 254 g/mol. The van der Waals surface area contributed by atoms with E-state index in [1.807, 2.05) is 12.1 Å². The maximum absolute atomic E-state index is 10.1. The maximum atomic E-state index is 10.1. The molecule has 0 bridgehead atoms. The summed E-state index contributed by atoms with van der Waals surface area (Å²) < 4.78 is 5.08. The quantitative estimate of drug-likeness (QED) is 0.894. The normalized spacial score (nSPS) is 10.3. The van der Waals surface area contributed by atoms with Crippen LogP contribution in [0.4, 0.5) is 0 Å². The molecule has 0 amide bonds. The van der Waals surface area contributed by atoms with Crippen molar-refractivity contribution in [3.8, 4) is 11.5 Å². The van der Waals surface area contributed by atoms with Crippen LogP contribution in [0, 0.1) is 13.8 Å². The van der Waals surface area contributed by atoms with Gasteiger partial charge in [-0.15, -0.1) is 0 Å². The molecule has 0 fully saturated rings. The highest BCUT2D eigenvalue weighted by Gasteiger charge is 2.09. The van der Waals surface area contributed by atoms with E-state index in [9.17, 15) is 5.11 Å². The third-order valence-corrected chi connectivity index (χ3v) is 3.10. The lowest BCUT2D eigenvalue weighted by Crippen LogP contribution is -1.91. The Morgan fingerprint density at radius 1 is 1.05 bits per heavy atom. The van der Waals surface area contributed by atoms with Crippen molar-refractivity contribution in [3.63, 3.8) is 0 Å². The van der Waals surface area contributed by atoms with Gasteiger partial charge in [0.1, 0.15) is 11.5 Å². The van der Waals surface area contributed by atoms with Gasteiger partial charge in [0, 0.05) is 11.6 Å². The van der Waals surface area contributed by atoms with Crippen molar-refractivity contribution < 1.29 is 9.84 Å². The van der Waals surface area contributed by atoms with Gasteiger partial charge in [-0.05, 0) is 37.1 Å². The van der Waals surface area contributed by atoms with E-state index in [2.05, 4.69) is 38.6 Å². The number of aryl methyl sites for hydroxylation is 2. The summed E-state index contributed by atoms with van der Waals surface area (Å²) in [5.74, 6) is 0.818. The van der Waals surface area contributed by atoms with Crippen LogP contribution in [-0.4, -0.2) is 12.2 Å². The molecule has 0 heterocycles. The molecule has 0 aliphatic rings. The van der Waals surface area contributed by atoms with Crippen molar-refractivity contribution in [1.29, 1.82) is 0 Å². The third-order valence-electron chi connectivity index (χ3n) is 3.10. The van der Waals surface area contributed by atoms with Gasteiger partial charge in [-0.3, -0.25) is 0 Å². The highest BCUT2D eigenvalue weighted by Crippen LogP contribution is 2.32. The van der Waals surface area contributed by atoms with Crippen LogP contribution < -0.4 is 4.74 Å². The molecule has 2 aromatic rings. The van der Waals surface area contributed by atoms with E-state index in [0.717, 1.165) is 16.7 Å². The van der Waals surface area contributed by atoms with E-state index in [1.165, 1.54) is 11.1 Å². The van der Waals surface area contributed by atoms with Crippen LogP contribution >= 0.6 is 0 Å². The molecule has 2 nitrogen and oxygen atoms in total. The Balaban J connectivity index is 2.44. The first-order valence-corrected chi connectivity index (χ1v) is 6.16. The zero-order chi connectivity index (χ0) is 14.0. The molecule has 98 valence electrons. The van der Waals surface area contributed by atoms with E-state index < -0.39 is 0 Å². The van der Waals surface area contributed by atoms with Crippen LogP contribution in [0.25, 0.3) is 5.57 Å². The van der Waals surface area contributed by atoms with Gasteiger partial charge in [-0.2, -0.15) is 0 Å². The Labute approximate surface area is 114 Å². The first-order valence-electron chi connectivity index (χ1n) is 6.16. The van der Waals surface area contributed by atoms with Crippen molar-refractivity contribution in [2.45, 2.75) is 13.8 Å². The third kappa shape index (κ3) is 2.79. The minimum atomic E-state index is 0.184. The molecular formula is C17H18O2. The van der Waals surface area contributed by atoms with Crippen LogP contribution in [-0.2, 0) is 0 Å². The Morgan fingerprint density at radius 3 is 2.21 bits per heavy atom. The summed E-state index contributed by atoms with van der Waals surface area (Å²) in [7, 11) is 1.58. The number of hydrogen-bond donors (Lipinski definition) is 1. The topological polar surface area (TPSA) is 29.5 Å². The number of phenolic OH excluding ortho intramolecular Hbond substituents is 1. The van der Waals surface area contributed by atoms with Gasteiger partial charge in [0.25, 0.3) is 0 Å². The number of hydrogen-bond acceptors (Lipinski definition) is 2. The lowest BCUT2D eigenvalue weighted by Gasteiger charge is -2.11. The standard InChI is InChI=1S/C17H18O2/c1-11-7-12(2)9-14(8-11)13(3)16-6-5-15(19-4)10-17(16)18/h5-10,18H,3H2,1-2,4H3. The van der Waals surface area contributed by atoms with Gasteiger partial charge in [-0.25, -0.2) is 0 Å². The first kappa shape index (κ1) is 13.2. The molecule has 0 aliphatic carbocycles. The molecule has 2 heteroatoms. The predicted molar refractivity (Wildman–Crippen MR) is 78.7 cm³/mol. The Bertz CT molecular complexity index is 607. The molecule has 0 unspecified atom stereocenters. The Morgan fingerprint density at radius 2 is 1.68 bits per heavy atom. The molecule has 0 saturated carbocycles. The number of phenols is 1. The van der Waals surface area contributed by atoms with Crippen LogP contribution in [0.5, 0.6) is 11.5 Å². The molecule has 2 aromatic carbocycles. The minimum Gasteiger partial charge on any atom is -0.507 e. The van der Waals surface area contributed by atoms with Crippen molar-refractivity contribution in [1.82, 2.24) is 0 Å². The van der Waals surface area contributed by atoms with Gasteiger partial charge in [0.15, 0.2) is 0 Å². The lowest BCUT2D eigenvalue weighted by atomic mass is 9.96. The zero-order valence-electron chi connectivity index (χ0n) is 11.5. The maximum Gasteiger partial charge on any atom is 0.127 e. The molecular weight excluding hydrogens is 236 g/mol. The van der Waals surface area contributed by atoms with Crippen LogP contribution in [0.15, 0.2) is 43.0 Å². The SMILES string of the molecule is C=C(c1cc(C)cc(C)c1)c1ccc(OC)cc1O. The summed E-state index contributed by atoms with van der Waals surface area (Å²) in [6, 6.07) is 11.5. The van der Waals surface area contributed by atoms with Gasteiger partial charge < -0.3 is 9.84 Å². The summed E-state index contributed by atoms with van der Waals surface area (Å²) in [4.78, 5) is 0. The number of ether oxygens (including phenoxy) is 1. The summed E-state index contributed by atoms with van der Waals surface area (Å²) in [5, 5.41) is 10.1. The summed E-state index contributed by atoms with van der Waals surface area (Å²) in [6.45, 7) is 8.20. The summed E-state index contributed by atoms with van der Waals surface area (Å²) in [6.07, 6.45) is 0. The molecule has 0 saturated heterocycles. The van der Waals surface area contributed by atoms with Crippen molar-refractivity contribution in [3.05, 3.63) is 65.2 Å². The fourth-order valence-corrected chi connectivity index (χ4v) is 2.20. The second kappa shape index (κ2) is 5.19. The molecule has 0 atom stereocenters. The van der Waals surface area contributed by atoms with Crippen LogP contribution in [0.1, 0.15) is 22.3 Å². The van der Waals surface area contributed by atoms with Gasteiger partial charge in [-0.1, -0.05) is 35.9 Å². The molecule has 0 aromatic heterocycles. The second-order valence-corrected chi connectivity index (χ2v) is 4.74. The first-order chi connectivity index (χ1) is 9.01. The minimum absolute atomic E-state index is 0.184. The van der Waals surface area contributed by atoms with Crippen LogP contribution in [0.2, 0.25) is 0 Å². The van der Waals surface area contributed by atoms with Gasteiger partial charge in [0.2, 0.25) is 0 Å². The fraction of sp³-hybridized carbons (Fsp3) is 0.176. The average Bonchev–Trinajstić information content (AvgIpc) is 2.36. The smallest absolute Gasteiger partial charge is 0.127 e. The number of benzene rings is 2. The van der Waals surface area contributed by atoms with E-state index in [-0.39, 0.29) is 5.75 Å². The van der Waals surface area contributed by atoms with E-state index in [4.69, 9.17) is 4.74 Å². The zero-order valence-corrected chi connectivity index (χ0v) is 11.5. The highest BCUT2D eigenvalue weighted by molar-refractivity contribution is 5.81. The van der Waals surface area contributed by atoms with E-state index in [0.29, 0.717) is 5.75 Å². The molecule has 1 N–H and O–H groups in total. The van der Waals surface area contributed by atoms with E-state index >= 15 is 0 Å². The van der Waals surface area contributed by atoms with Crippen molar-refractivity contribution in [2.24, 2.45) is 0 Å². The second-order valence-electron chi connectivity index (χ2n) is 4.74. The predicted octanol–water partition coefficient (Wildman–Crippen LogP) is 4.08. The molecule has 19 heavy (non-hydrogen) atoms. The Hall–Kier alpha value is -2.22. The van der Waals surface area contributed by atoms with Crippen molar-refractivity contribution in [2.75, 3.05) is 7.11 Å². The number of methoxy groups -OCH3 is 1. The fourth-order valence-electron chi connectivity index (χ4n) is 2.20. The number of aromatic hydroxyl groups is 1. The van der Waals surface area contributed by atoms with E-state index in [1.54, 1.807) is 13.2 Å². The lowest BCUT2D eigenvalue weighted by molar-refractivity contribution is 0.407. The molecule has 0 aliphatic heterocycles. The summed E-state index contributed by atoms with van der Waals surface area (Å²) >= 11 is 0. The van der Waals surface area contributed by atoms with Gasteiger partial charge >= 0.3 is 0 Å². The Kier molecular flexibility index (Phi) is 3.61. The highest BCUT2D eigenvalue weighted by atomic mass is 16.5. The molecule has 0 spiro atoms. The largest absolute Gasteiger partial charge is 0.507 e.